The fourth-order valence-corrected chi connectivity index (χ4v) is 2.54. The maximum absolute atomic E-state index is 12.2. The molecule has 0 bridgehead atoms. The lowest BCUT2D eigenvalue weighted by Gasteiger charge is -2.08. The van der Waals surface area contributed by atoms with Crippen molar-refractivity contribution < 1.29 is 19.4 Å². The van der Waals surface area contributed by atoms with Crippen LogP contribution in [0.4, 0.5) is 0 Å². The molecule has 3 aromatic rings. The quantitative estimate of drug-likeness (QED) is 0.448. The normalized spacial score (nSPS) is 10.7. The van der Waals surface area contributed by atoms with Gasteiger partial charge in [0.15, 0.2) is 0 Å². The summed E-state index contributed by atoms with van der Waals surface area (Å²) in [6.07, 6.45) is 1.40. The molecular weight excluding hydrogens is 368 g/mol. The number of aromatic hydroxyl groups is 1. The second-order valence-electron chi connectivity index (χ2n) is 6.15. The number of ether oxygens (including phenoxy) is 2. The molecule has 0 saturated carbocycles. The Morgan fingerprint density at radius 1 is 0.966 bits per heavy atom. The van der Waals surface area contributed by atoms with E-state index in [0.717, 1.165) is 17.1 Å². The molecule has 3 aromatic carbocycles. The van der Waals surface area contributed by atoms with Crippen LogP contribution in [-0.2, 0) is 6.61 Å². The Kier molecular flexibility index (Phi) is 6.84. The standard InChI is InChI=1S/C23H22N2O4/c1-2-28-20-11-13-21(14-12-20)29-16-17-7-9-18(10-8-17)23(27)25-24-15-19-5-3-4-6-22(19)26/h3-15,26H,2,16H2,1H3,(H,25,27)/b24-15+. The molecule has 6 nitrogen and oxygen atoms in total. The van der Waals surface area contributed by atoms with Crippen molar-refractivity contribution in [3.05, 3.63) is 89.5 Å². The fraction of sp³-hybridized carbons (Fsp3) is 0.130. The van der Waals surface area contributed by atoms with Crippen molar-refractivity contribution in [3.63, 3.8) is 0 Å². The number of phenols is 1. The van der Waals surface area contributed by atoms with Crippen LogP contribution in [0, 0.1) is 0 Å². The summed E-state index contributed by atoms with van der Waals surface area (Å²) in [7, 11) is 0. The van der Waals surface area contributed by atoms with Crippen LogP contribution in [0.5, 0.6) is 17.2 Å². The van der Waals surface area contributed by atoms with E-state index in [4.69, 9.17) is 9.47 Å². The molecule has 0 fully saturated rings. The maximum Gasteiger partial charge on any atom is 0.271 e. The molecule has 1 amide bonds. The molecule has 2 N–H and O–H groups in total. The van der Waals surface area contributed by atoms with Gasteiger partial charge in [0.1, 0.15) is 23.9 Å². The van der Waals surface area contributed by atoms with E-state index >= 15 is 0 Å². The van der Waals surface area contributed by atoms with Crippen molar-refractivity contribution in [2.75, 3.05) is 6.61 Å². The molecule has 148 valence electrons. The van der Waals surface area contributed by atoms with Gasteiger partial charge in [-0.15, -0.1) is 0 Å². The Hall–Kier alpha value is -3.80. The van der Waals surface area contributed by atoms with Gasteiger partial charge >= 0.3 is 0 Å². The first-order chi connectivity index (χ1) is 14.2. The third-order valence-electron chi connectivity index (χ3n) is 4.06. The molecule has 0 aliphatic rings. The molecule has 0 atom stereocenters. The topological polar surface area (TPSA) is 80.2 Å². The molecule has 0 spiro atoms. The van der Waals surface area contributed by atoms with Crippen LogP contribution in [0.15, 0.2) is 77.9 Å². The van der Waals surface area contributed by atoms with Crippen LogP contribution in [0.1, 0.15) is 28.4 Å². The molecule has 0 saturated heterocycles. The van der Waals surface area contributed by atoms with Crippen molar-refractivity contribution in [1.82, 2.24) is 5.43 Å². The molecule has 0 aliphatic carbocycles. The number of para-hydroxylation sites is 1. The fourth-order valence-electron chi connectivity index (χ4n) is 2.54. The first-order valence-corrected chi connectivity index (χ1v) is 9.21. The van der Waals surface area contributed by atoms with Crippen molar-refractivity contribution in [1.29, 1.82) is 0 Å². The van der Waals surface area contributed by atoms with Gasteiger partial charge in [0.05, 0.1) is 12.8 Å². The minimum Gasteiger partial charge on any atom is -0.507 e. The van der Waals surface area contributed by atoms with Gasteiger partial charge in [-0.2, -0.15) is 5.10 Å². The molecular formula is C23H22N2O4. The Bertz CT molecular complexity index is 967. The highest BCUT2D eigenvalue weighted by atomic mass is 16.5. The van der Waals surface area contributed by atoms with Crippen molar-refractivity contribution in [2.45, 2.75) is 13.5 Å². The van der Waals surface area contributed by atoms with E-state index in [1.165, 1.54) is 6.21 Å². The highest BCUT2D eigenvalue weighted by molar-refractivity contribution is 5.95. The van der Waals surface area contributed by atoms with Gasteiger partial charge in [-0.25, -0.2) is 5.43 Å². The summed E-state index contributed by atoms with van der Waals surface area (Å²) in [5.41, 5.74) is 4.38. The third kappa shape index (κ3) is 5.84. The van der Waals surface area contributed by atoms with Gasteiger partial charge in [-0.1, -0.05) is 24.3 Å². The average Bonchev–Trinajstić information content (AvgIpc) is 2.75. The summed E-state index contributed by atoms with van der Waals surface area (Å²) >= 11 is 0. The highest BCUT2D eigenvalue weighted by Crippen LogP contribution is 2.19. The predicted molar refractivity (Wildman–Crippen MR) is 112 cm³/mol. The number of nitrogens with one attached hydrogen (secondary N) is 1. The minimum atomic E-state index is -0.337. The van der Waals surface area contributed by atoms with E-state index in [1.807, 2.05) is 43.3 Å². The summed E-state index contributed by atoms with van der Waals surface area (Å²) in [6.45, 7) is 2.95. The molecule has 3 rings (SSSR count). The Labute approximate surface area is 169 Å². The van der Waals surface area contributed by atoms with Crippen LogP contribution in [-0.4, -0.2) is 23.8 Å². The molecule has 0 unspecified atom stereocenters. The summed E-state index contributed by atoms with van der Waals surface area (Å²) < 4.78 is 11.1. The van der Waals surface area contributed by atoms with Gasteiger partial charge < -0.3 is 14.6 Å². The average molecular weight is 390 g/mol. The number of benzene rings is 3. The van der Waals surface area contributed by atoms with E-state index < -0.39 is 0 Å². The van der Waals surface area contributed by atoms with Crippen LogP contribution in [0.2, 0.25) is 0 Å². The third-order valence-corrected chi connectivity index (χ3v) is 4.06. The molecule has 29 heavy (non-hydrogen) atoms. The largest absolute Gasteiger partial charge is 0.507 e. The predicted octanol–water partition coefficient (Wildman–Crippen LogP) is 4.13. The maximum atomic E-state index is 12.2. The summed E-state index contributed by atoms with van der Waals surface area (Å²) in [6, 6.07) is 21.3. The molecule has 0 aromatic heterocycles. The summed E-state index contributed by atoms with van der Waals surface area (Å²) in [5, 5.41) is 13.5. The first kappa shape index (κ1) is 19.9. The second kappa shape index (κ2) is 9.94. The Morgan fingerprint density at radius 3 is 2.28 bits per heavy atom. The van der Waals surface area contributed by atoms with E-state index in [2.05, 4.69) is 10.5 Å². The second-order valence-corrected chi connectivity index (χ2v) is 6.15. The van der Waals surface area contributed by atoms with Crippen LogP contribution in [0.3, 0.4) is 0 Å². The molecule has 6 heteroatoms. The van der Waals surface area contributed by atoms with Crippen molar-refractivity contribution >= 4 is 12.1 Å². The zero-order valence-electron chi connectivity index (χ0n) is 16.0. The van der Waals surface area contributed by atoms with Gasteiger partial charge in [-0.3, -0.25) is 4.79 Å². The van der Waals surface area contributed by atoms with Crippen LogP contribution in [0.25, 0.3) is 0 Å². The smallest absolute Gasteiger partial charge is 0.271 e. The van der Waals surface area contributed by atoms with Crippen LogP contribution < -0.4 is 14.9 Å². The van der Waals surface area contributed by atoms with Gasteiger partial charge in [0.2, 0.25) is 0 Å². The van der Waals surface area contributed by atoms with E-state index in [1.54, 1.807) is 36.4 Å². The zero-order chi connectivity index (χ0) is 20.5. The van der Waals surface area contributed by atoms with E-state index in [-0.39, 0.29) is 11.7 Å². The molecule has 0 aliphatic heterocycles. The highest BCUT2D eigenvalue weighted by Gasteiger charge is 2.05. The Balaban J connectivity index is 1.51. The van der Waals surface area contributed by atoms with Crippen molar-refractivity contribution in [3.8, 4) is 17.2 Å². The lowest BCUT2D eigenvalue weighted by molar-refractivity contribution is 0.0955. The zero-order valence-corrected chi connectivity index (χ0v) is 16.0. The number of carbonyl (C=O) groups excluding carboxylic acids is 1. The van der Waals surface area contributed by atoms with Crippen molar-refractivity contribution in [2.24, 2.45) is 5.10 Å². The summed E-state index contributed by atoms with van der Waals surface area (Å²) in [4.78, 5) is 12.2. The number of hydrazone groups is 1. The molecule has 0 radical (unpaired) electrons. The number of amides is 1. The van der Waals surface area contributed by atoms with Gasteiger partial charge in [0.25, 0.3) is 5.91 Å². The van der Waals surface area contributed by atoms with E-state index in [9.17, 15) is 9.90 Å². The first-order valence-electron chi connectivity index (χ1n) is 9.21. The number of nitrogens with zero attached hydrogens (tertiary/aromatic N) is 1. The SMILES string of the molecule is CCOc1ccc(OCc2ccc(C(=O)N/N=C/c3ccccc3O)cc2)cc1. The number of carbonyl (C=O) groups is 1. The van der Waals surface area contributed by atoms with Gasteiger partial charge in [-0.05, 0) is 61.0 Å². The lowest BCUT2D eigenvalue weighted by atomic mass is 10.1. The minimum absolute atomic E-state index is 0.0994. The number of hydrogen-bond donors (Lipinski definition) is 2. The lowest BCUT2D eigenvalue weighted by Crippen LogP contribution is -2.17. The van der Waals surface area contributed by atoms with E-state index in [0.29, 0.717) is 24.3 Å². The monoisotopic (exact) mass is 390 g/mol. The summed E-state index contributed by atoms with van der Waals surface area (Å²) in [5.74, 6) is 1.31. The Morgan fingerprint density at radius 2 is 1.62 bits per heavy atom. The number of phenolic OH excluding ortho intramolecular Hbond substituents is 1. The number of rotatable bonds is 8. The molecule has 0 heterocycles. The van der Waals surface area contributed by atoms with Gasteiger partial charge in [0, 0.05) is 11.1 Å². The van der Waals surface area contributed by atoms with Crippen LogP contribution >= 0.6 is 0 Å². The number of hydrogen-bond acceptors (Lipinski definition) is 5.